The fourth-order valence-corrected chi connectivity index (χ4v) is 1.02. The molecule has 0 aliphatic rings. The smallest absolute Gasteiger partial charge is 0.216 e. The Morgan fingerprint density at radius 2 is 2.23 bits per heavy atom. The zero-order chi connectivity index (χ0) is 9.84. The molecule has 0 aliphatic heterocycles. The SMILES string of the molecule is COc1cc(CN(C)O)nc(C)n1. The number of hydrogen-bond donors (Lipinski definition) is 1. The van der Waals surface area contributed by atoms with Gasteiger partial charge in [0.2, 0.25) is 5.88 Å². The minimum atomic E-state index is 0.361. The van der Waals surface area contributed by atoms with Gasteiger partial charge in [0.05, 0.1) is 19.3 Å². The fourth-order valence-electron chi connectivity index (χ4n) is 1.02. The quantitative estimate of drug-likeness (QED) is 0.696. The fraction of sp³-hybridized carbons (Fsp3) is 0.500. The second kappa shape index (κ2) is 4.15. The van der Waals surface area contributed by atoms with Crippen molar-refractivity contribution in [2.24, 2.45) is 0 Å². The van der Waals surface area contributed by atoms with Gasteiger partial charge in [-0.2, -0.15) is 10.0 Å². The first-order valence-corrected chi connectivity index (χ1v) is 3.90. The summed E-state index contributed by atoms with van der Waals surface area (Å²) in [7, 11) is 3.11. The lowest BCUT2D eigenvalue weighted by Crippen LogP contribution is -2.13. The normalized spacial score (nSPS) is 10.5. The molecule has 0 radical (unpaired) electrons. The van der Waals surface area contributed by atoms with Crippen LogP contribution in [0.1, 0.15) is 11.5 Å². The molecule has 0 fully saturated rings. The Kier molecular flexibility index (Phi) is 3.16. The lowest BCUT2D eigenvalue weighted by molar-refractivity contribution is -0.0741. The van der Waals surface area contributed by atoms with E-state index in [0.29, 0.717) is 18.2 Å². The molecular weight excluding hydrogens is 170 g/mol. The molecule has 1 rings (SSSR count). The van der Waals surface area contributed by atoms with Gasteiger partial charge in [-0.3, -0.25) is 0 Å². The number of hydroxylamine groups is 2. The van der Waals surface area contributed by atoms with Crippen LogP contribution in [0.15, 0.2) is 6.07 Å². The van der Waals surface area contributed by atoms with Crippen molar-refractivity contribution in [1.29, 1.82) is 0 Å². The lowest BCUT2D eigenvalue weighted by Gasteiger charge is -2.08. The van der Waals surface area contributed by atoms with Crippen LogP contribution in [0.3, 0.4) is 0 Å². The molecule has 13 heavy (non-hydrogen) atoms. The Labute approximate surface area is 77.0 Å². The average Bonchev–Trinajstić information content (AvgIpc) is 2.01. The predicted molar refractivity (Wildman–Crippen MR) is 46.6 cm³/mol. The zero-order valence-corrected chi connectivity index (χ0v) is 7.98. The van der Waals surface area contributed by atoms with Crippen molar-refractivity contribution in [1.82, 2.24) is 15.0 Å². The third kappa shape index (κ3) is 2.96. The number of rotatable bonds is 3. The van der Waals surface area contributed by atoms with Crippen LogP contribution in [0.25, 0.3) is 0 Å². The molecule has 1 aromatic heterocycles. The van der Waals surface area contributed by atoms with Gasteiger partial charge < -0.3 is 9.94 Å². The van der Waals surface area contributed by atoms with Crippen LogP contribution in [0.5, 0.6) is 5.88 Å². The summed E-state index contributed by atoms with van der Waals surface area (Å²) in [6, 6.07) is 1.69. The van der Waals surface area contributed by atoms with E-state index >= 15 is 0 Å². The highest BCUT2D eigenvalue weighted by Gasteiger charge is 2.03. The number of nitrogens with zero attached hydrogens (tertiary/aromatic N) is 3. The van der Waals surface area contributed by atoms with Crippen LogP contribution in [-0.4, -0.2) is 34.4 Å². The molecule has 0 spiro atoms. The summed E-state index contributed by atoms with van der Waals surface area (Å²) in [6.07, 6.45) is 0. The van der Waals surface area contributed by atoms with Crippen LogP contribution in [0.2, 0.25) is 0 Å². The molecule has 5 heteroatoms. The van der Waals surface area contributed by atoms with Gasteiger partial charge in [0.15, 0.2) is 0 Å². The van der Waals surface area contributed by atoms with E-state index < -0.39 is 0 Å². The van der Waals surface area contributed by atoms with Gasteiger partial charge in [-0.15, -0.1) is 0 Å². The standard InChI is InChI=1S/C8H13N3O2/c1-6-9-7(5-11(2)12)4-8(10-6)13-3/h4,12H,5H2,1-3H3. The van der Waals surface area contributed by atoms with Gasteiger partial charge in [-0.05, 0) is 6.92 Å². The Balaban J connectivity index is 2.88. The highest BCUT2D eigenvalue weighted by molar-refractivity contribution is 5.15. The van der Waals surface area contributed by atoms with E-state index in [1.807, 2.05) is 0 Å². The Morgan fingerprint density at radius 1 is 1.54 bits per heavy atom. The van der Waals surface area contributed by atoms with Gasteiger partial charge in [0, 0.05) is 13.1 Å². The number of hydrogen-bond acceptors (Lipinski definition) is 5. The van der Waals surface area contributed by atoms with Crippen LogP contribution in [-0.2, 0) is 6.54 Å². The molecule has 0 aliphatic carbocycles. The predicted octanol–water partition coefficient (Wildman–Crippen LogP) is 0.615. The van der Waals surface area contributed by atoms with Crippen molar-refractivity contribution in [3.05, 3.63) is 17.6 Å². The van der Waals surface area contributed by atoms with Crippen molar-refractivity contribution < 1.29 is 9.94 Å². The largest absolute Gasteiger partial charge is 0.481 e. The molecular formula is C8H13N3O2. The molecule has 0 aromatic carbocycles. The minimum Gasteiger partial charge on any atom is -0.481 e. The van der Waals surface area contributed by atoms with Crippen LogP contribution < -0.4 is 4.74 Å². The van der Waals surface area contributed by atoms with Crippen molar-refractivity contribution in [2.75, 3.05) is 14.2 Å². The maximum Gasteiger partial charge on any atom is 0.216 e. The van der Waals surface area contributed by atoms with Crippen LogP contribution in [0.4, 0.5) is 0 Å². The summed E-state index contributed by atoms with van der Waals surface area (Å²) in [5.41, 5.74) is 0.731. The van der Waals surface area contributed by atoms with Gasteiger partial charge in [0.25, 0.3) is 0 Å². The van der Waals surface area contributed by atoms with E-state index in [0.717, 1.165) is 10.8 Å². The molecule has 1 aromatic rings. The molecule has 0 atom stereocenters. The van der Waals surface area contributed by atoms with Gasteiger partial charge in [-0.25, -0.2) is 4.98 Å². The second-order valence-electron chi connectivity index (χ2n) is 2.76. The average molecular weight is 183 g/mol. The molecule has 5 nitrogen and oxygen atoms in total. The topological polar surface area (TPSA) is 58.5 Å². The molecule has 0 amide bonds. The summed E-state index contributed by atoms with van der Waals surface area (Å²) >= 11 is 0. The molecule has 0 saturated carbocycles. The van der Waals surface area contributed by atoms with Crippen molar-refractivity contribution in [3.63, 3.8) is 0 Å². The second-order valence-corrected chi connectivity index (χ2v) is 2.76. The Morgan fingerprint density at radius 3 is 2.77 bits per heavy atom. The monoisotopic (exact) mass is 183 g/mol. The summed E-state index contributed by atoms with van der Waals surface area (Å²) < 4.78 is 4.97. The molecule has 72 valence electrons. The lowest BCUT2D eigenvalue weighted by atomic mass is 10.4. The first-order chi connectivity index (χ1) is 6.11. The van der Waals surface area contributed by atoms with E-state index in [1.54, 1.807) is 27.1 Å². The zero-order valence-electron chi connectivity index (χ0n) is 7.98. The molecule has 0 unspecified atom stereocenters. The Hall–Kier alpha value is -1.20. The van der Waals surface area contributed by atoms with Gasteiger partial charge in [0.1, 0.15) is 5.82 Å². The minimum absolute atomic E-state index is 0.361. The summed E-state index contributed by atoms with van der Waals surface area (Å²) in [5, 5.41) is 10.0. The van der Waals surface area contributed by atoms with E-state index in [9.17, 15) is 0 Å². The van der Waals surface area contributed by atoms with Gasteiger partial charge in [-0.1, -0.05) is 0 Å². The molecule has 0 saturated heterocycles. The summed E-state index contributed by atoms with van der Waals surface area (Å²) in [5.74, 6) is 1.15. The number of aryl methyl sites for hydroxylation is 1. The summed E-state index contributed by atoms with van der Waals surface area (Å²) in [6.45, 7) is 2.14. The van der Waals surface area contributed by atoms with E-state index in [1.165, 1.54) is 0 Å². The molecule has 0 bridgehead atoms. The maximum absolute atomic E-state index is 8.99. The van der Waals surface area contributed by atoms with Crippen molar-refractivity contribution in [3.8, 4) is 5.88 Å². The van der Waals surface area contributed by atoms with Crippen molar-refractivity contribution in [2.45, 2.75) is 13.5 Å². The molecule has 1 heterocycles. The first-order valence-electron chi connectivity index (χ1n) is 3.90. The molecule has 1 N–H and O–H groups in total. The highest BCUT2D eigenvalue weighted by Crippen LogP contribution is 2.09. The maximum atomic E-state index is 8.99. The first kappa shape index (κ1) is 9.88. The summed E-state index contributed by atoms with van der Waals surface area (Å²) in [4.78, 5) is 8.16. The third-order valence-electron chi connectivity index (χ3n) is 1.47. The highest BCUT2D eigenvalue weighted by atomic mass is 16.5. The van der Waals surface area contributed by atoms with E-state index in [2.05, 4.69) is 9.97 Å². The van der Waals surface area contributed by atoms with E-state index in [4.69, 9.17) is 9.94 Å². The third-order valence-corrected chi connectivity index (χ3v) is 1.47. The number of aromatic nitrogens is 2. The number of ether oxygens (including phenoxy) is 1. The van der Waals surface area contributed by atoms with Gasteiger partial charge >= 0.3 is 0 Å². The number of methoxy groups -OCH3 is 1. The van der Waals surface area contributed by atoms with Crippen molar-refractivity contribution >= 4 is 0 Å². The van der Waals surface area contributed by atoms with E-state index in [-0.39, 0.29) is 0 Å². The Bertz CT molecular complexity index is 289. The van der Waals surface area contributed by atoms with Crippen LogP contribution in [0, 0.1) is 6.92 Å². The van der Waals surface area contributed by atoms with Crippen LogP contribution >= 0.6 is 0 Å².